The molecule has 0 aromatic rings. The Morgan fingerprint density at radius 1 is 0.519 bits per heavy atom. The van der Waals surface area contributed by atoms with Gasteiger partial charge in [0.1, 0.15) is 0 Å². The summed E-state index contributed by atoms with van der Waals surface area (Å²) in [5, 5.41) is 0. The van der Waals surface area contributed by atoms with Gasteiger partial charge >= 0.3 is 0 Å². The van der Waals surface area contributed by atoms with E-state index in [9.17, 15) is 0 Å². The van der Waals surface area contributed by atoms with Crippen LogP contribution in [0.15, 0.2) is 0 Å². The third kappa shape index (κ3) is 19.1. The molecule has 0 fully saturated rings. The highest BCUT2D eigenvalue weighted by Gasteiger charge is 2.10. The first-order valence-electron chi connectivity index (χ1n) is 12.8. The van der Waals surface area contributed by atoms with Gasteiger partial charge in [-0.15, -0.1) is 0 Å². The number of unbranched alkanes of at least 4 members (excludes halogenated alkanes) is 12. The first-order valence-corrected chi connectivity index (χ1v) is 12.8. The van der Waals surface area contributed by atoms with Crippen LogP contribution in [0.5, 0.6) is 0 Å². The van der Waals surface area contributed by atoms with Crippen molar-refractivity contribution in [1.29, 1.82) is 0 Å². The fraction of sp³-hybridized carbons (Fsp3) is 1.00. The maximum Gasteiger partial charge on any atom is 0.00355 e. The Morgan fingerprint density at radius 3 is 1.30 bits per heavy atom. The first-order chi connectivity index (χ1) is 13.1. The molecule has 0 aliphatic rings. The fourth-order valence-corrected chi connectivity index (χ4v) is 4.10. The molecule has 0 aliphatic heterocycles. The minimum Gasteiger partial charge on any atom is -0.304 e. The quantitative estimate of drug-likeness (QED) is 0.179. The lowest BCUT2D eigenvalue weighted by molar-refractivity contribution is 0.254. The lowest BCUT2D eigenvalue weighted by Gasteiger charge is -2.23. The van der Waals surface area contributed by atoms with E-state index in [2.05, 4.69) is 39.6 Å². The summed E-state index contributed by atoms with van der Waals surface area (Å²) in [5.41, 5.74) is 0. The van der Waals surface area contributed by atoms with E-state index in [-0.39, 0.29) is 0 Å². The molecule has 0 radical (unpaired) electrons. The molecule has 0 unspecified atom stereocenters. The molecule has 164 valence electrons. The molecule has 27 heavy (non-hydrogen) atoms. The van der Waals surface area contributed by atoms with Crippen LogP contribution in [0, 0.1) is 5.92 Å². The van der Waals surface area contributed by atoms with Gasteiger partial charge in [-0.05, 0) is 46.2 Å². The van der Waals surface area contributed by atoms with Gasteiger partial charge in [-0.25, -0.2) is 0 Å². The molecule has 0 saturated carbocycles. The zero-order valence-electron chi connectivity index (χ0n) is 20.0. The Morgan fingerprint density at radius 2 is 0.889 bits per heavy atom. The predicted molar refractivity (Wildman–Crippen MR) is 126 cm³/mol. The van der Waals surface area contributed by atoms with Crippen LogP contribution < -0.4 is 0 Å². The second kappa shape index (κ2) is 20.7. The molecular weight excluding hydrogens is 326 g/mol. The number of hydrogen-bond donors (Lipinski definition) is 0. The molecule has 0 aromatic carbocycles. The van der Waals surface area contributed by atoms with Crippen molar-refractivity contribution < 1.29 is 0 Å². The fourth-order valence-electron chi connectivity index (χ4n) is 4.10. The molecular formula is C26H55N. The smallest absolute Gasteiger partial charge is 0.00355 e. The topological polar surface area (TPSA) is 3.24 Å². The van der Waals surface area contributed by atoms with Gasteiger partial charge in [0.25, 0.3) is 0 Å². The van der Waals surface area contributed by atoms with E-state index in [0.717, 1.165) is 5.92 Å². The van der Waals surface area contributed by atoms with Gasteiger partial charge in [-0.2, -0.15) is 0 Å². The third-order valence-corrected chi connectivity index (χ3v) is 6.44. The third-order valence-electron chi connectivity index (χ3n) is 6.44. The van der Waals surface area contributed by atoms with Crippen molar-refractivity contribution >= 4 is 0 Å². The van der Waals surface area contributed by atoms with Crippen LogP contribution in [0.3, 0.4) is 0 Å². The summed E-state index contributed by atoms with van der Waals surface area (Å²) < 4.78 is 0. The van der Waals surface area contributed by atoms with Gasteiger partial charge in [0.05, 0.1) is 0 Å². The highest BCUT2D eigenvalue weighted by atomic mass is 15.1. The van der Waals surface area contributed by atoms with Crippen molar-refractivity contribution in [3.63, 3.8) is 0 Å². The number of hydrogen-bond acceptors (Lipinski definition) is 1. The average Bonchev–Trinajstić information content (AvgIpc) is 2.65. The Labute approximate surface area is 174 Å². The van der Waals surface area contributed by atoms with E-state index >= 15 is 0 Å². The van der Waals surface area contributed by atoms with Crippen LogP contribution in [0.25, 0.3) is 0 Å². The molecule has 0 heterocycles. The number of nitrogens with zero attached hydrogens (tertiary/aromatic N) is 1. The van der Waals surface area contributed by atoms with Gasteiger partial charge in [0.15, 0.2) is 0 Å². The molecule has 0 spiro atoms. The molecule has 0 amide bonds. The normalized spacial score (nSPS) is 12.0. The van der Waals surface area contributed by atoms with Crippen LogP contribution in [0.4, 0.5) is 0 Å². The molecule has 0 rings (SSSR count). The van der Waals surface area contributed by atoms with E-state index in [1.165, 1.54) is 122 Å². The lowest BCUT2D eigenvalue weighted by Crippen LogP contribution is -2.27. The van der Waals surface area contributed by atoms with Crippen molar-refractivity contribution in [1.82, 2.24) is 4.90 Å². The van der Waals surface area contributed by atoms with Gasteiger partial charge < -0.3 is 4.90 Å². The molecule has 1 heteroatoms. The Balaban J connectivity index is 3.91. The Hall–Kier alpha value is -0.0400. The van der Waals surface area contributed by atoms with Crippen LogP contribution in [-0.2, 0) is 0 Å². The lowest BCUT2D eigenvalue weighted by atomic mass is 9.90. The van der Waals surface area contributed by atoms with Crippen molar-refractivity contribution in [3.8, 4) is 0 Å². The summed E-state index contributed by atoms with van der Waals surface area (Å²) in [5.74, 6) is 0.997. The van der Waals surface area contributed by atoms with Crippen LogP contribution >= 0.6 is 0 Å². The molecule has 0 N–H and O–H groups in total. The van der Waals surface area contributed by atoms with E-state index in [0.29, 0.717) is 6.04 Å². The van der Waals surface area contributed by atoms with Crippen molar-refractivity contribution in [3.05, 3.63) is 0 Å². The van der Waals surface area contributed by atoms with Crippen LogP contribution in [0.2, 0.25) is 0 Å². The maximum atomic E-state index is 2.51. The van der Waals surface area contributed by atoms with Crippen LogP contribution in [0.1, 0.15) is 143 Å². The standard InChI is InChI=1S/C26H55N/c1-6-8-10-12-14-16-18-21-26(23-20-24-27(5)25(3)4)22-19-17-15-13-11-9-7-2/h25-26H,6-24H2,1-5H3. The second-order valence-electron chi connectivity index (χ2n) is 9.40. The molecule has 0 atom stereocenters. The van der Waals surface area contributed by atoms with E-state index < -0.39 is 0 Å². The summed E-state index contributed by atoms with van der Waals surface area (Å²) in [6, 6.07) is 0.690. The van der Waals surface area contributed by atoms with Crippen molar-refractivity contribution in [2.75, 3.05) is 13.6 Å². The van der Waals surface area contributed by atoms with Gasteiger partial charge in [0, 0.05) is 6.04 Å². The van der Waals surface area contributed by atoms with Gasteiger partial charge in [-0.1, -0.05) is 117 Å². The Kier molecular flexibility index (Phi) is 20.7. The van der Waals surface area contributed by atoms with E-state index in [4.69, 9.17) is 0 Å². The summed E-state index contributed by atoms with van der Waals surface area (Å²) in [4.78, 5) is 2.51. The van der Waals surface area contributed by atoms with Gasteiger partial charge in [0.2, 0.25) is 0 Å². The molecule has 0 bridgehead atoms. The van der Waals surface area contributed by atoms with E-state index in [1.54, 1.807) is 0 Å². The number of rotatable bonds is 21. The zero-order valence-corrected chi connectivity index (χ0v) is 20.0. The maximum absolute atomic E-state index is 2.51. The highest BCUT2D eigenvalue weighted by molar-refractivity contribution is 4.64. The predicted octanol–water partition coefficient (Wildman–Crippen LogP) is 9.00. The minimum atomic E-state index is 0.690. The first kappa shape index (κ1) is 27.0. The molecule has 0 saturated heterocycles. The van der Waals surface area contributed by atoms with Crippen LogP contribution in [-0.4, -0.2) is 24.5 Å². The summed E-state index contributed by atoms with van der Waals surface area (Å²) in [6.07, 6.45) is 26.2. The second-order valence-corrected chi connectivity index (χ2v) is 9.40. The minimum absolute atomic E-state index is 0.690. The van der Waals surface area contributed by atoms with Gasteiger partial charge in [-0.3, -0.25) is 0 Å². The van der Waals surface area contributed by atoms with Crippen molar-refractivity contribution in [2.24, 2.45) is 5.92 Å². The molecule has 0 aromatic heterocycles. The summed E-state index contributed by atoms with van der Waals surface area (Å²) in [6.45, 7) is 10.5. The van der Waals surface area contributed by atoms with Crippen molar-refractivity contribution in [2.45, 2.75) is 149 Å². The van der Waals surface area contributed by atoms with E-state index in [1.807, 2.05) is 0 Å². The Bertz CT molecular complexity index is 255. The highest BCUT2D eigenvalue weighted by Crippen LogP contribution is 2.23. The molecule has 0 aliphatic carbocycles. The molecule has 1 nitrogen and oxygen atoms in total. The zero-order chi connectivity index (χ0) is 20.2. The summed E-state index contributed by atoms with van der Waals surface area (Å²) >= 11 is 0. The monoisotopic (exact) mass is 381 g/mol. The SMILES string of the molecule is CCCCCCCCCC(CCCCCCCCC)CCCN(C)C(C)C. The summed E-state index contributed by atoms with van der Waals surface area (Å²) in [7, 11) is 2.28. The average molecular weight is 382 g/mol. The largest absolute Gasteiger partial charge is 0.304 e.